The Hall–Kier alpha value is -2.15. The average molecular weight is 364 g/mol. The Kier molecular flexibility index (Phi) is 5.67. The summed E-state index contributed by atoms with van der Waals surface area (Å²) >= 11 is 0. The summed E-state index contributed by atoms with van der Waals surface area (Å²) in [5, 5.41) is -1.08. The number of carbonyl (C=O) groups excluding carboxylic acids is 2. The van der Waals surface area contributed by atoms with Crippen molar-refractivity contribution in [2.75, 3.05) is 25.0 Å². The lowest BCUT2D eigenvalue weighted by Gasteiger charge is -2.36. The van der Waals surface area contributed by atoms with Crippen LogP contribution in [0.3, 0.4) is 0 Å². The van der Waals surface area contributed by atoms with Crippen molar-refractivity contribution >= 4 is 27.3 Å². The number of sulfone groups is 1. The normalized spacial score (nSPS) is 22.3. The average Bonchev–Trinajstić information content (AvgIpc) is 2.62. The van der Waals surface area contributed by atoms with Gasteiger partial charge in [-0.1, -0.05) is 13.5 Å². The lowest BCUT2D eigenvalue weighted by atomic mass is 10.1. The molecule has 6 nitrogen and oxygen atoms in total. The predicted molar refractivity (Wildman–Crippen MR) is 98.4 cm³/mol. The van der Waals surface area contributed by atoms with Crippen molar-refractivity contribution in [1.29, 1.82) is 0 Å². The van der Waals surface area contributed by atoms with E-state index in [9.17, 15) is 18.0 Å². The molecule has 0 radical (unpaired) electrons. The van der Waals surface area contributed by atoms with E-state index < -0.39 is 20.3 Å². The van der Waals surface area contributed by atoms with E-state index in [1.54, 1.807) is 43.1 Å². The smallest absolute Gasteiger partial charge is 0.253 e. The number of hydrogen-bond donors (Lipinski definition) is 0. The summed E-state index contributed by atoms with van der Waals surface area (Å²) in [4.78, 5) is 27.4. The fraction of sp³-hybridized carbons (Fsp3) is 0.444. The summed E-state index contributed by atoms with van der Waals surface area (Å²) in [6.07, 6.45) is 1.71. The Bertz CT molecular complexity index is 771. The standard InChI is InChI=1S/C18H24N2O4S/c1-5-16-12-20(11-13(3)25(16,23)24)18(22)14-7-9-15(10-8-14)19(4)17(21)6-2/h6-10,13,16H,2,5,11-12H2,1,3-4H3. The van der Waals surface area contributed by atoms with Crippen LogP contribution in [0.4, 0.5) is 5.69 Å². The highest BCUT2D eigenvalue weighted by Gasteiger charge is 2.39. The van der Waals surface area contributed by atoms with E-state index >= 15 is 0 Å². The zero-order chi connectivity index (χ0) is 18.8. The molecule has 1 aliphatic rings. The van der Waals surface area contributed by atoms with Gasteiger partial charge in [0.25, 0.3) is 5.91 Å². The van der Waals surface area contributed by atoms with Crippen LogP contribution in [-0.2, 0) is 14.6 Å². The molecule has 1 aromatic rings. The lowest BCUT2D eigenvalue weighted by molar-refractivity contribution is -0.113. The first-order valence-electron chi connectivity index (χ1n) is 8.24. The van der Waals surface area contributed by atoms with Crippen LogP contribution in [0.2, 0.25) is 0 Å². The molecule has 0 saturated carbocycles. The van der Waals surface area contributed by atoms with Gasteiger partial charge in [-0.05, 0) is 43.7 Å². The highest BCUT2D eigenvalue weighted by atomic mass is 32.2. The first kappa shape index (κ1) is 19.2. The molecule has 1 saturated heterocycles. The molecule has 0 aliphatic carbocycles. The first-order chi connectivity index (χ1) is 11.7. The van der Waals surface area contributed by atoms with Crippen LogP contribution < -0.4 is 4.90 Å². The maximum absolute atomic E-state index is 12.7. The van der Waals surface area contributed by atoms with Crippen molar-refractivity contribution in [3.8, 4) is 0 Å². The molecule has 7 heteroatoms. The predicted octanol–water partition coefficient (Wildman–Crippen LogP) is 1.87. The number of likely N-dealkylation sites (N-methyl/N-ethyl adjacent to an activating group) is 1. The van der Waals surface area contributed by atoms with Crippen LogP contribution in [0.5, 0.6) is 0 Å². The van der Waals surface area contributed by atoms with Gasteiger partial charge in [-0.2, -0.15) is 0 Å². The van der Waals surface area contributed by atoms with Gasteiger partial charge in [0, 0.05) is 31.4 Å². The monoisotopic (exact) mass is 364 g/mol. The van der Waals surface area contributed by atoms with Crippen molar-refractivity contribution < 1.29 is 18.0 Å². The first-order valence-corrected chi connectivity index (χ1v) is 9.85. The van der Waals surface area contributed by atoms with Crippen molar-refractivity contribution in [2.45, 2.75) is 30.8 Å². The van der Waals surface area contributed by atoms with Crippen LogP contribution in [0, 0.1) is 0 Å². The topological polar surface area (TPSA) is 74.8 Å². The highest BCUT2D eigenvalue weighted by molar-refractivity contribution is 7.92. The van der Waals surface area contributed by atoms with Crippen LogP contribution in [0.25, 0.3) is 0 Å². The second-order valence-corrected chi connectivity index (χ2v) is 8.94. The van der Waals surface area contributed by atoms with Crippen LogP contribution in [-0.4, -0.2) is 55.8 Å². The molecule has 1 fully saturated rings. The van der Waals surface area contributed by atoms with E-state index in [4.69, 9.17) is 0 Å². The molecule has 2 rings (SSSR count). The van der Waals surface area contributed by atoms with Gasteiger partial charge in [-0.15, -0.1) is 0 Å². The van der Waals surface area contributed by atoms with Gasteiger partial charge in [0.2, 0.25) is 5.91 Å². The van der Waals surface area contributed by atoms with Crippen molar-refractivity contribution in [1.82, 2.24) is 4.90 Å². The number of amides is 2. The third-order valence-electron chi connectivity index (χ3n) is 4.68. The molecule has 0 spiro atoms. The number of carbonyl (C=O) groups is 2. The summed E-state index contributed by atoms with van der Waals surface area (Å²) in [5.41, 5.74) is 1.13. The second kappa shape index (κ2) is 7.39. The molecule has 0 N–H and O–H groups in total. The SMILES string of the molecule is C=CC(=O)N(C)c1ccc(C(=O)N2CC(C)S(=O)(=O)C(CC)C2)cc1. The molecule has 2 unspecified atom stereocenters. The molecule has 1 aliphatic heterocycles. The zero-order valence-electron chi connectivity index (χ0n) is 14.8. The van der Waals surface area contributed by atoms with Gasteiger partial charge in [-0.25, -0.2) is 8.42 Å². The Balaban J connectivity index is 2.18. The number of benzene rings is 1. The van der Waals surface area contributed by atoms with Crippen LogP contribution in [0.1, 0.15) is 30.6 Å². The Labute approximate surface area is 149 Å². The largest absolute Gasteiger partial charge is 0.336 e. The summed E-state index contributed by atoms with van der Waals surface area (Å²) in [7, 11) is -1.55. The van der Waals surface area contributed by atoms with Crippen LogP contribution >= 0.6 is 0 Å². The van der Waals surface area contributed by atoms with Crippen molar-refractivity contribution in [3.05, 3.63) is 42.5 Å². The molecule has 0 bridgehead atoms. The van der Waals surface area contributed by atoms with E-state index in [0.29, 0.717) is 17.7 Å². The third kappa shape index (κ3) is 3.76. The van der Waals surface area contributed by atoms with E-state index in [-0.39, 0.29) is 24.9 Å². The number of nitrogens with zero attached hydrogens (tertiary/aromatic N) is 2. The second-order valence-electron chi connectivity index (χ2n) is 6.29. The number of rotatable bonds is 4. The van der Waals surface area contributed by atoms with Gasteiger partial charge in [-0.3, -0.25) is 9.59 Å². The maximum Gasteiger partial charge on any atom is 0.253 e. The van der Waals surface area contributed by atoms with Gasteiger partial charge in [0.05, 0.1) is 10.5 Å². The van der Waals surface area contributed by atoms with Gasteiger partial charge in [0.1, 0.15) is 0 Å². The fourth-order valence-electron chi connectivity index (χ4n) is 2.97. The maximum atomic E-state index is 12.7. The minimum absolute atomic E-state index is 0.190. The van der Waals surface area contributed by atoms with Crippen LogP contribution in [0.15, 0.2) is 36.9 Å². The summed E-state index contributed by atoms with van der Waals surface area (Å²) in [5.74, 6) is -0.427. The minimum Gasteiger partial charge on any atom is -0.336 e. The van der Waals surface area contributed by atoms with Gasteiger partial charge >= 0.3 is 0 Å². The molecular weight excluding hydrogens is 340 g/mol. The van der Waals surface area contributed by atoms with E-state index in [1.807, 2.05) is 6.92 Å². The Morgan fingerprint density at radius 2 is 1.88 bits per heavy atom. The quantitative estimate of drug-likeness (QED) is 0.765. The fourth-order valence-corrected chi connectivity index (χ4v) is 4.87. The molecule has 0 aromatic heterocycles. The van der Waals surface area contributed by atoms with Gasteiger partial charge < -0.3 is 9.80 Å². The molecule has 2 amide bonds. The molecule has 2 atom stereocenters. The zero-order valence-corrected chi connectivity index (χ0v) is 15.6. The molecule has 1 heterocycles. The number of hydrogen-bond acceptors (Lipinski definition) is 4. The lowest BCUT2D eigenvalue weighted by Crippen LogP contribution is -2.53. The third-order valence-corrected chi connectivity index (χ3v) is 7.36. The Morgan fingerprint density at radius 1 is 1.28 bits per heavy atom. The van der Waals surface area contributed by atoms with Crippen molar-refractivity contribution in [3.63, 3.8) is 0 Å². The molecule has 25 heavy (non-hydrogen) atoms. The highest BCUT2D eigenvalue weighted by Crippen LogP contribution is 2.23. The number of anilines is 1. The Morgan fingerprint density at radius 3 is 2.40 bits per heavy atom. The van der Waals surface area contributed by atoms with E-state index in [1.165, 1.54) is 11.0 Å². The van der Waals surface area contributed by atoms with Gasteiger partial charge in [0.15, 0.2) is 9.84 Å². The molecule has 1 aromatic carbocycles. The summed E-state index contributed by atoms with van der Waals surface area (Å²) in [6.45, 7) is 7.34. The summed E-state index contributed by atoms with van der Waals surface area (Å²) in [6, 6.07) is 6.69. The van der Waals surface area contributed by atoms with Crippen molar-refractivity contribution in [2.24, 2.45) is 0 Å². The molecular formula is C18H24N2O4S. The summed E-state index contributed by atoms with van der Waals surface area (Å²) < 4.78 is 24.6. The van der Waals surface area contributed by atoms with E-state index in [0.717, 1.165) is 0 Å². The van der Waals surface area contributed by atoms with E-state index in [2.05, 4.69) is 6.58 Å². The molecule has 136 valence electrons. The minimum atomic E-state index is -3.18.